The molecule has 0 aromatic carbocycles. The summed E-state index contributed by atoms with van der Waals surface area (Å²) in [5.41, 5.74) is 0. The van der Waals surface area contributed by atoms with E-state index in [0.29, 0.717) is 43.0 Å². The largest absolute Gasteiger partial charge is 0.465 e. The predicted octanol–water partition coefficient (Wildman–Crippen LogP) is 2.31. The summed E-state index contributed by atoms with van der Waals surface area (Å²) in [5.74, 6) is 0.872. The summed E-state index contributed by atoms with van der Waals surface area (Å²) in [6.07, 6.45) is 8.55. The second-order valence-electron chi connectivity index (χ2n) is 7.00. The fourth-order valence-corrected chi connectivity index (χ4v) is 3.43. The van der Waals surface area contributed by atoms with Gasteiger partial charge < -0.3 is 20.1 Å². The van der Waals surface area contributed by atoms with Crippen molar-refractivity contribution in [3.05, 3.63) is 0 Å². The zero-order valence-corrected chi connectivity index (χ0v) is 15.7. The number of carbonyl (C=O) groups is 2. The molecule has 0 radical (unpaired) electrons. The molecule has 2 heterocycles. The Morgan fingerprint density at radius 2 is 1.48 bits per heavy atom. The molecule has 2 rings (SSSR count). The molecule has 0 amide bonds. The molecule has 0 bridgehead atoms. The lowest BCUT2D eigenvalue weighted by Gasteiger charge is -2.22. The number of carbonyl (C=O) groups excluding carboxylic acids is 2. The van der Waals surface area contributed by atoms with Crippen LogP contribution in [0.4, 0.5) is 0 Å². The Morgan fingerprint density at radius 1 is 0.880 bits per heavy atom. The molecule has 0 aromatic heterocycles. The molecule has 7 heteroatoms. The van der Waals surface area contributed by atoms with Crippen molar-refractivity contribution in [1.82, 2.24) is 10.6 Å². The van der Waals surface area contributed by atoms with Crippen LogP contribution < -0.4 is 10.6 Å². The topological polar surface area (TPSA) is 76.7 Å². The van der Waals surface area contributed by atoms with Gasteiger partial charge in [-0.2, -0.15) is 0 Å². The Balaban J connectivity index is 1.38. The third-order valence-corrected chi connectivity index (χ3v) is 5.17. The molecular formula is C18H30N2O4S. The fourth-order valence-electron chi connectivity index (χ4n) is 3.22. The second-order valence-corrected chi connectivity index (χ2v) is 7.40. The molecule has 2 unspecified atom stereocenters. The van der Waals surface area contributed by atoms with E-state index in [1.807, 2.05) is 0 Å². The van der Waals surface area contributed by atoms with Gasteiger partial charge in [-0.1, -0.05) is 12.8 Å². The Kier molecular flexibility index (Phi) is 9.00. The predicted molar refractivity (Wildman–Crippen MR) is 99.1 cm³/mol. The van der Waals surface area contributed by atoms with Crippen molar-refractivity contribution in [2.24, 2.45) is 11.8 Å². The monoisotopic (exact) mass is 370 g/mol. The number of rotatable bonds is 9. The molecule has 25 heavy (non-hydrogen) atoms. The number of ether oxygens (including phenoxy) is 2. The van der Waals surface area contributed by atoms with Crippen LogP contribution in [0.25, 0.3) is 0 Å². The highest BCUT2D eigenvalue weighted by atomic mass is 32.1. The standard InChI is InChI=1S/C18H30N2O4S/c21-16-7-5-14(12-23-16)4-2-1-3-10-19-18(25)20-11-9-15-6-8-17(22)24-13-15/h14-15H,1-13H2,(H2,19,20,25). The smallest absolute Gasteiger partial charge is 0.305 e. The second kappa shape index (κ2) is 11.3. The average molecular weight is 371 g/mol. The molecule has 0 aromatic rings. The molecule has 0 aliphatic carbocycles. The van der Waals surface area contributed by atoms with Crippen LogP contribution in [0.5, 0.6) is 0 Å². The number of thiocarbonyl (C=S) groups is 1. The average Bonchev–Trinajstić information content (AvgIpc) is 2.61. The van der Waals surface area contributed by atoms with E-state index < -0.39 is 0 Å². The highest BCUT2D eigenvalue weighted by Crippen LogP contribution is 2.20. The zero-order chi connectivity index (χ0) is 17.9. The number of hydrogen-bond acceptors (Lipinski definition) is 5. The van der Waals surface area contributed by atoms with Gasteiger partial charge in [0.1, 0.15) is 0 Å². The van der Waals surface area contributed by atoms with Crippen LogP contribution in [-0.2, 0) is 19.1 Å². The molecule has 2 aliphatic heterocycles. The molecule has 2 fully saturated rings. The maximum atomic E-state index is 11.0. The van der Waals surface area contributed by atoms with Crippen LogP contribution in [0.2, 0.25) is 0 Å². The SMILES string of the molecule is O=C1CCC(CCCCCNC(=S)NCCC2CCC(=O)OC2)CO1. The van der Waals surface area contributed by atoms with E-state index >= 15 is 0 Å². The lowest BCUT2D eigenvalue weighted by Crippen LogP contribution is -2.37. The highest BCUT2D eigenvalue weighted by Gasteiger charge is 2.20. The van der Waals surface area contributed by atoms with Crippen molar-refractivity contribution in [3.8, 4) is 0 Å². The minimum absolute atomic E-state index is 0.0500. The van der Waals surface area contributed by atoms with Crippen LogP contribution in [-0.4, -0.2) is 43.4 Å². The van der Waals surface area contributed by atoms with Gasteiger partial charge in [-0.05, 0) is 56.2 Å². The molecule has 0 saturated carbocycles. The Morgan fingerprint density at radius 3 is 2.08 bits per heavy atom. The van der Waals surface area contributed by atoms with Crippen molar-refractivity contribution in [2.45, 2.75) is 57.8 Å². The van der Waals surface area contributed by atoms with Gasteiger partial charge in [0, 0.05) is 25.9 Å². The van der Waals surface area contributed by atoms with Crippen LogP contribution in [0.1, 0.15) is 57.8 Å². The van der Waals surface area contributed by atoms with Crippen molar-refractivity contribution >= 4 is 29.3 Å². The van der Waals surface area contributed by atoms with E-state index in [-0.39, 0.29) is 11.9 Å². The van der Waals surface area contributed by atoms with E-state index in [0.717, 1.165) is 51.6 Å². The van der Waals surface area contributed by atoms with E-state index in [1.165, 1.54) is 6.42 Å². The molecule has 0 spiro atoms. The van der Waals surface area contributed by atoms with E-state index in [9.17, 15) is 9.59 Å². The number of unbranched alkanes of at least 4 members (excludes halogenated alkanes) is 2. The number of esters is 2. The van der Waals surface area contributed by atoms with Crippen molar-refractivity contribution in [1.29, 1.82) is 0 Å². The number of hydrogen-bond donors (Lipinski definition) is 2. The van der Waals surface area contributed by atoms with Gasteiger partial charge in [-0.15, -0.1) is 0 Å². The van der Waals surface area contributed by atoms with Gasteiger partial charge >= 0.3 is 11.9 Å². The maximum Gasteiger partial charge on any atom is 0.305 e. The van der Waals surface area contributed by atoms with Crippen LogP contribution >= 0.6 is 12.2 Å². The van der Waals surface area contributed by atoms with Crippen LogP contribution in [0.15, 0.2) is 0 Å². The summed E-state index contributed by atoms with van der Waals surface area (Å²) < 4.78 is 10.1. The zero-order valence-electron chi connectivity index (χ0n) is 14.9. The first-order chi connectivity index (χ1) is 12.1. The summed E-state index contributed by atoms with van der Waals surface area (Å²) in [6.45, 7) is 2.84. The van der Waals surface area contributed by atoms with Crippen LogP contribution in [0, 0.1) is 11.8 Å². The summed E-state index contributed by atoms with van der Waals surface area (Å²) in [5, 5.41) is 7.16. The minimum Gasteiger partial charge on any atom is -0.465 e. The minimum atomic E-state index is -0.0779. The maximum absolute atomic E-state index is 11.0. The van der Waals surface area contributed by atoms with Gasteiger partial charge in [-0.3, -0.25) is 9.59 Å². The summed E-state index contributed by atoms with van der Waals surface area (Å²) in [6, 6.07) is 0. The molecule has 6 nitrogen and oxygen atoms in total. The third-order valence-electron chi connectivity index (χ3n) is 4.89. The van der Waals surface area contributed by atoms with Gasteiger partial charge in [-0.25, -0.2) is 0 Å². The van der Waals surface area contributed by atoms with Crippen LogP contribution in [0.3, 0.4) is 0 Å². The summed E-state index contributed by atoms with van der Waals surface area (Å²) in [4.78, 5) is 22.0. The van der Waals surface area contributed by atoms with Crippen molar-refractivity contribution in [3.63, 3.8) is 0 Å². The van der Waals surface area contributed by atoms with E-state index in [1.54, 1.807) is 0 Å². The Hall–Kier alpha value is -1.37. The highest BCUT2D eigenvalue weighted by molar-refractivity contribution is 7.80. The quantitative estimate of drug-likeness (QED) is 0.366. The number of nitrogens with one attached hydrogen (secondary N) is 2. The fraction of sp³-hybridized carbons (Fsp3) is 0.833. The van der Waals surface area contributed by atoms with Gasteiger partial charge in [0.05, 0.1) is 13.2 Å². The number of cyclic esters (lactones) is 2. The lowest BCUT2D eigenvalue weighted by atomic mass is 9.95. The van der Waals surface area contributed by atoms with Gasteiger partial charge in [0.25, 0.3) is 0 Å². The molecule has 2 N–H and O–H groups in total. The summed E-state index contributed by atoms with van der Waals surface area (Å²) in [7, 11) is 0. The molecule has 142 valence electrons. The normalized spacial score (nSPS) is 23.5. The van der Waals surface area contributed by atoms with Gasteiger partial charge in [0.15, 0.2) is 5.11 Å². The lowest BCUT2D eigenvalue weighted by molar-refractivity contribution is -0.150. The third kappa shape index (κ3) is 8.52. The molecule has 2 aliphatic rings. The van der Waals surface area contributed by atoms with E-state index in [2.05, 4.69) is 10.6 Å². The Bertz CT molecular complexity index is 438. The van der Waals surface area contributed by atoms with E-state index in [4.69, 9.17) is 21.7 Å². The first-order valence-electron chi connectivity index (χ1n) is 9.46. The summed E-state index contributed by atoms with van der Waals surface area (Å²) >= 11 is 5.28. The first kappa shape index (κ1) is 19.9. The molecule has 2 saturated heterocycles. The first-order valence-corrected chi connectivity index (χ1v) is 9.87. The van der Waals surface area contributed by atoms with Gasteiger partial charge in [0.2, 0.25) is 0 Å². The van der Waals surface area contributed by atoms with Crippen molar-refractivity contribution < 1.29 is 19.1 Å². The molecular weight excluding hydrogens is 340 g/mol. The Labute approximate surface area is 155 Å². The molecule has 2 atom stereocenters. The van der Waals surface area contributed by atoms with Crippen molar-refractivity contribution in [2.75, 3.05) is 26.3 Å².